The maximum absolute atomic E-state index is 11.2. The van der Waals surface area contributed by atoms with Gasteiger partial charge in [-0.1, -0.05) is 0 Å². The summed E-state index contributed by atoms with van der Waals surface area (Å²) in [7, 11) is 1.85. The van der Waals surface area contributed by atoms with E-state index in [0.717, 1.165) is 25.7 Å². The molecule has 15 heavy (non-hydrogen) atoms. The smallest absolute Gasteiger partial charge is 0.219 e. The van der Waals surface area contributed by atoms with Crippen LogP contribution in [0.15, 0.2) is 0 Å². The molecule has 0 heterocycles. The number of nitrogens with two attached hydrogens (primary N) is 1. The molecular formula is C11H20N2O2. The SMILES string of the molecule is CC(=O)N(C)C1CCC(CC(N)=O)CC1. The number of carbonyl (C=O) groups excluding carboxylic acids is 2. The van der Waals surface area contributed by atoms with Crippen molar-refractivity contribution in [2.24, 2.45) is 11.7 Å². The molecule has 0 aromatic carbocycles. The normalized spacial score (nSPS) is 26.0. The van der Waals surface area contributed by atoms with Crippen molar-refractivity contribution in [3.05, 3.63) is 0 Å². The molecule has 0 unspecified atom stereocenters. The van der Waals surface area contributed by atoms with E-state index >= 15 is 0 Å². The summed E-state index contributed by atoms with van der Waals surface area (Å²) < 4.78 is 0. The first-order chi connectivity index (χ1) is 7.00. The fourth-order valence-corrected chi connectivity index (χ4v) is 2.28. The maximum atomic E-state index is 11.2. The van der Waals surface area contributed by atoms with Crippen LogP contribution in [0.1, 0.15) is 39.0 Å². The van der Waals surface area contributed by atoms with E-state index in [4.69, 9.17) is 5.73 Å². The van der Waals surface area contributed by atoms with Crippen LogP contribution in [0.2, 0.25) is 0 Å². The number of hydrogen-bond acceptors (Lipinski definition) is 2. The summed E-state index contributed by atoms with van der Waals surface area (Å²) in [6.07, 6.45) is 4.50. The van der Waals surface area contributed by atoms with E-state index in [2.05, 4.69) is 0 Å². The van der Waals surface area contributed by atoms with E-state index in [1.54, 1.807) is 11.8 Å². The van der Waals surface area contributed by atoms with Crippen molar-refractivity contribution in [2.45, 2.75) is 45.1 Å². The lowest BCUT2D eigenvalue weighted by molar-refractivity contribution is -0.130. The minimum Gasteiger partial charge on any atom is -0.370 e. The second kappa shape index (κ2) is 5.14. The Balaban J connectivity index is 2.35. The molecule has 1 aliphatic carbocycles. The highest BCUT2D eigenvalue weighted by Gasteiger charge is 2.25. The molecule has 0 atom stereocenters. The third-order valence-electron chi connectivity index (χ3n) is 3.35. The van der Waals surface area contributed by atoms with Gasteiger partial charge in [-0.05, 0) is 31.6 Å². The predicted molar refractivity (Wildman–Crippen MR) is 58.0 cm³/mol. The van der Waals surface area contributed by atoms with Crippen molar-refractivity contribution in [1.82, 2.24) is 4.90 Å². The molecule has 4 nitrogen and oxygen atoms in total. The average molecular weight is 212 g/mol. The summed E-state index contributed by atoms with van der Waals surface area (Å²) in [5.74, 6) is 0.339. The summed E-state index contributed by atoms with van der Waals surface area (Å²) in [4.78, 5) is 23.7. The molecule has 1 rings (SSSR count). The summed E-state index contributed by atoms with van der Waals surface area (Å²) in [6.45, 7) is 1.59. The first-order valence-corrected chi connectivity index (χ1v) is 5.52. The number of carbonyl (C=O) groups is 2. The van der Waals surface area contributed by atoms with Gasteiger partial charge in [-0.3, -0.25) is 9.59 Å². The van der Waals surface area contributed by atoms with E-state index in [1.807, 2.05) is 7.05 Å². The summed E-state index contributed by atoms with van der Waals surface area (Å²) >= 11 is 0. The highest BCUT2D eigenvalue weighted by Crippen LogP contribution is 2.28. The number of amides is 2. The van der Waals surface area contributed by atoms with Crippen molar-refractivity contribution in [3.8, 4) is 0 Å². The van der Waals surface area contributed by atoms with Gasteiger partial charge in [0.25, 0.3) is 0 Å². The standard InChI is InChI=1S/C11H20N2O2/c1-8(14)13(2)10-5-3-9(4-6-10)7-11(12)15/h9-10H,3-7H2,1-2H3,(H2,12,15). The first kappa shape index (κ1) is 12.0. The Bertz CT molecular complexity index is 245. The van der Waals surface area contributed by atoms with Gasteiger partial charge in [-0.15, -0.1) is 0 Å². The average Bonchev–Trinajstić information content (AvgIpc) is 2.17. The fraction of sp³-hybridized carbons (Fsp3) is 0.818. The topological polar surface area (TPSA) is 63.4 Å². The van der Waals surface area contributed by atoms with Crippen LogP contribution in [0.3, 0.4) is 0 Å². The maximum Gasteiger partial charge on any atom is 0.219 e. The van der Waals surface area contributed by atoms with Crippen LogP contribution >= 0.6 is 0 Å². The largest absolute Gasteiger partial charge is 0.370 e. The number of nitrogens with zero attached hydrogens (tertiary/aromatic N) is 1. The summed E-state index contributed by atoms with van der Waals surface area (Å²) in [6, 6.07) is 0.353. The Morgan fingerprint density at radius 1 is 1.27 bits per heavy atom. The van der Waals surface area contributed by atoms with Crippen LogP contribution < -0.4 is 5.73 Å². The Hall–Kier alpha value is -1.06. The van der Waals surface area contributed by atoms with E-state index < -0.39 is 0 Å². The van der Waals surface area contributed by atoms with Crippen LogP contribution in [0, 0.1) is 5.92 Å². The molecule has 0 radical (unpaired) electrons. The van der Waals surface area contributed by atoms with Gasteiger partial charge in [0, 0.05) is 26.4 Å². The Morgan fingerprint density at radius 2 is 1.80 bits per heavy atom. The number of primary amides is 1. The highest BCUT2D eigenvalue weighted by molar-refractivity contribution is 5.74. The van der Waals surface area contributed by atoms with Gasteiger partial charge < -0.3 is 10.6 Å². The van der Waals surface area contributed by atoms with Gasteiger partial charge >= 0.3 is 0 Å². The minimum atomic E-state index is -0.210. The molecule has 1 aliphatic rings. The fourth-order valence-electron chi connectivity index (χ4n) is 2.28. The zero-order chi connectivity index (χ0) is 11.4. The van der Waals surface area contributed by atoms with Crippen molar-refractivity contribution in [3.63, 3.8) is 0 Å². The van der Waals surface area contributed by atoms with Crippen LogP contribution in [-0.4, -0.2) is 29.8 Å². The molecule has 1 saturated carbocycles. The van der Waals surface area contributed by atoms with Gasteiger partial charge in [0.1, 0.15) is 0 Å². The van der Waals surface area contributed by atoms with Crippen molar-refractivity contribution < 1.29 is 9.59 Å². The lowest BCUT2D eigenvalue weighted by Gasteiger charge is -2.33. The monoisotopic (exact) mass is 212 g/mol. The predicted octanol–water partition coefficient (Wildman–Crippen LogP) is 0.899. The lowest BCUT2D eigenvalue weighted by atomic mass is 9.83. The molecule has 86 valence electrons. The Kier molecular flexibility index (Phi) is 4.12. The van der Waals surface area contributed by atoms with Crippen LogP contribution in [0.25, 0.3) is 0 Å². The first-order valence-electron chi connectivity index (χ1n) is 5.52. The molecule has 2 N–H and O–H groups in total. The second-order valence-electron chi connectivity index (χ2n) is 4.47. The quantitative estimate of drug-likeness (QED) is 0.755. The third kappa shape index (κ3) is 3.53. The zero-order valence-electron chi connectivity index (χ0n) is 9.53. The minimum absolute atomic E-state index is 0.119. The van der Waals surface area contributed by atoms with Crippen molar-refractivity contribution >= 4 is 11.8 Å². The van der Waals surface area contributed by atoms with Crippen LogP contribution in [0.5, 0.6) is 0 Å². The molecule has 0 aliphatic heterocycles. The molecular weight excluding hydrogens is 192 g/mol. The molecule has 0 aromatic heterocycles. The van der Waals surface area contributed by atoms with Crippen molar-refractivity contribution in [2.75, 3.05) is 7.05 Å². The van der Waals surface area contributed by atoms with Crippen LogP contribution in [-0.2, 0) is 9.59 Å². The van der Waals surface area contributed by atoms with Crippen LogP contribution in [0.4, 0.5) is 0 Å². The van der Waals surface area contributed by atoms with Gasteiger partial charge in [0.2, 0.25) is 11.8 Å². The Morgan fingerprint density at radius 3 is 2.20 bits per heavy atom. The molecule has 0 spiro atoms. The molecule has 0 bridgehead atoms. The molecule has 0 aromatic rings. The number of hydrogen-bond donors (Lipinski definition) is 1. The second-order valence-corrected chi connectivity index (χ2v) is 4.47. The summed E-state index contributed by atoms with van der Waals surface area (Å²) in [5, 5.41) is 0. The van der Waals surface area contributed by atoms with Gasteiger partial charge in [0.15, 0.2) is 0 Å². The Labute approximate surface area is 90.8 Å². The zero-order valence-corrected chi connectivity index (χ0v) is 9.53. The van der Waals surface area contributed by atoms with E-state index in [9.17, 15) is 9.59 Å². The molecule has 2 amide bonds. The van der Waals surface area contributed by atoms with E-state index in [1.165, 1.54) is 0 Å². The molecule has 4 heteroatoms. The molecule has 0 saturated heterocycles. The lowest BCUT2D eigenvalue weighted by Crippen LogP contribution is -2.38. The number of rotatable bonds is 3. The summed E-state index contributed by atoms with van der Waals surface area (Å²) in [5.41, 5.74) is 5.16. The van der Waals surface area contributed by atoms with E-state index in [-0.39, 0.29) is 11.8 Å². The van der Waals surface area contributed by atoms with Gasteiger partial charge in [-0.25, -0.2) is 0 Å². The highest BCUT2D eigenvalue weighted by atomic mass is 16.2. The van der Waals surface area contributed by atoms with Gasteiger partial charge in [0.05, 0.1) is 0 Å². The molecule has 1 fully saturated rings. The third-order valence-corrected chi connectivity index (χ3v) is 3.35. The van der Waals surface area contributed by atoms with Crippen molar-refractivity contribution in [1.29, 1.82) is 0 Å². The van der Waals surface area contributed by atoms with Gasteiger partial charge in [-0.2, -0.15) is 0 Å². The van der Waals surface area contributed by atoms with E-state index in [0.29, 0.717) is 18.4 Å².